The molecule has 0 saturated carbocycles. The lowest BCUT2D eigenvalue weighted by Crippen LogP contribution is -2.47. The molecular formula is C15H17FN2O3. The maximum absolute atomic E-state index is 13.7. The van der Waals surface area contributed by atoms with Crippen molar-refractivity contribution in [1.82, 2.24) is 10.2 Å². The van der Waals surface area contributed by atoms with E-state index < -0.39 is 29.9 Å². The van der Waals surface area contributed by atoms with E-state index in [0.29, 0.717) is 5.56 Å². The van der Waals surface area contributed by atoms with Crippen molar-refractivity contribution in [3.63, 3.8) is 0 Å². The van der Waals surface area contributed by atoms with Gasteiger partial charge in [0, 0.05) is 19.0 Å². The van der Waals surface area contributed by atoms with Gasteiger partial charge in [0.15, 0.2) is 0 Å². The summed E-state index contributed by atoms with van der Waals surface area (Å²) in [4.78, 5) is 24.2. The Kier molecular flexibility index (Phi) is 5.73. The highest BCUT2D eigenvalue weighted by atomic mass is 19.1. The van der Waals surface area contributed by atoms with Gasteiger partial charge in [0.1, 0.15) is 11.9 Å². The van der Waals surface area contributed by atoms with E-state index in [4.69, 9.17) is 11.5 Å². The van der Waals surface area contributed by atoms with Gasteiger partial charge in [0.2, 0.25) is 0 Å². The highest BCUT2D eigenvalue weighted by Crippen LogP contribution is 2.21. The maximum Gasteiger partial charge on any atom is 0.327 e. The molecule has 0 aliphatic heterocycles. The SMILES string of the molecule is C#CCC(NC(=O)N(C)C(C)c1ccccc1F)C(=O)O. The van der Waals surface area contributed by atoms with Gasteiger partial charge in [-0.15, -0.1) is 12.3 Å². The minimum atomic E-state index is -1.21. The summed E-state index contributed by atoms with van der Waals surface area (Å²) < 4.78 is 13.7. The number of hydrogen-bond acceptors (Lipinski definition) is 2. The summed E-state index contributed by atoms with van der Waals surface area (Å²) in [6, 6.07) is 3.74. The number of hydrogen-bond donors (Lipinski definition) is 2. The van der Waals surface area contributed by atoms with Crippen molar-refractivity contribution in [2.24, 2.45) is 0 Å². The summed E-state index contributed by atoms with van der Waals surface area (Å²) in [6.45, 7) is 1.65. The fourth-order valence-electron chi connectivity index (χ4n) is 1.77. The number of benzene rings is 1. The van der Waals surface area contributed by atoms with Gasteiger partial charge in [-0.3, -0.25) is 0 Å². The van der Waals surface area contributed by atoms with Crippen LogP contribution in [0.5, 0.6) is 0 Å². The van der Waals surface area contributed by atoms with Gasteiger partial charge in [-0.25, -0.2) is 14.0 Å². The number of rotatable bonds is 5. The summed E-state index contributed by atoms with van der Waals surface area (Å²) >= 11 is 0. The monoisotopic (exact) mass is 292 g/mol. The number of carboxylic acids is 1. The van der Waals surface area contributed by atoms with Crippen molar-refractivity contribution in [2.75, 3.05) is 7.05 Å². The first-order valence-electron chi connectivity index (χ1n) is 6.32. The summed E-state index contributed by atoms with van der Waals surface area (Å²) in [5.74, 6) is 0.547. The zero-order valence-electron chi connectivity index (χ0n) is 11.8. The Labute approximate surface area is 122 Å². The number of carboxylic acid groups (broad SMARTS) is 1. The third kappa shape index (κ3) is 4.21. The summed E-state index contributed by atoms with van der Waals surface area (Å²) in [7, 11) is 1.46. The number of nitrogens with zero attached hydrogens (tertiary/aromatic N) is 1. The normalized spacial score (nSPS) is 12.9. The molecule has 0 fully saturated rings. The Balaban J connectivity index is 2.81. The van der Waals surface area contributed by atoms with Crippen LogP contribution in [0.25, 0.3) is 0 Å². The third-order valence-electron chi connectivity index (χ3n) is 3.17. The van der Waals surface area contributed by atoms with Crippen LogP contribution < -0.4 is 5.32 Å². The molecule has 6 heteroatoms. The molecule has 2 N–H and O–H groups in total. The van der Waals surface area contributed by atoms with Crippen LogP contribution in [-0.2, 0) is 4.79 Å². The first-order chi connectivity index (χ1) is 9.88. The number of amides is 2. The molecule has 5 nitrogen and oxygen atoms in total. The molecule has 0 aliphatic carbocycles. The van der Waals surface area contributed by atoms with Gasteiger partial charge in [-0.05, 0) is 13.0 Å². The second-order valence-electron chi connectivity index (χ2n) is 4.56. The number of urea groups is 1. The fraction of sp³-hybridized carbons (Fsp3) is 0.333. The van der Waals surface area contributed by atoms with E-state index in [1.54, 1.807) is 25.1 Å². The van der Waals surface area contributed by atoms with E-state index in [-0.39, 0.29) is 6.42 Å². The van der Waals surface area contributed by atoms with Crippen molar-refractivity contribution in [3.8, 4) is 12.3 Å². The van der Waals surface area contributed by atoms with Crippen LogP contribution in [0.15, 0.2) is 24.3 Å². The van der Waals surface area contributed by atoms with Crippen molar-refractivity contribution in [2.45, 2.75) is 25.4 Å². The van der Waals surface area contributed by atoms with Gasteiger partial charge < -0.3 is 15.3 Å². The predicted octanol–water partition coefficient (Wildman–Crippen LogP) is 2.00. The lowest BCUT2D eigenvalue weighted by Gasteiger charge is -2.27. The second-order valence-corrected chi connectivity index (χ2v) is 4.56. The lowest BCUT2D eigenvalue weighted by atomic mass is 10.1. The first kappa shape index (κ1) is 16.5. The molecule has 1 rings (SSSR count). The number of carbonyl (C=O) groups is 2. The van der Waals surface area contributed by atoms with Crippen LogP contribution in [0.3, 0.4) is 0 Å². The van der Waals surface area contributed by atoms with Crippen molar-refractivity contribution in [3.05, 3.63) is 35.6 Å². The Morgan fingerprint density at radius 1 is 1.48 bits per heavy atom. The Morgan fingerprint density at radius 3 is 2.62 bits per heavy atom. The van der Waals surface area contributed by atoms with Gasteiger partial charge in [-0.1, -0.05) is 18.2 Å². The molecule has 2 amide bonds. The van der Waals surface area contributed by atoms with E-state index in [0.717, 1.165) is 0 Å². The van der Waals surface area contributed by atoms with Crippen molar-refractivity contribution >= 4 is 12.0 Å². The molecule has 2 unspecified atom stereocenters. The molecular weight excluding hydrogens is 275 g/mol. The number of nitrogens with one attached hydrogen (secondary N) is 1. The predicted molar refractivity (Wildman–Crippen MR) is 76.0 cm³/mol. The van der Waals surface area contributed by atoms with E-state index >= 15 is 0 Å². The molecule has 21 heavy (non-hydrogen) atoms. The number of carbonyl (C=O) groups excluding carboxylic acids is 1. The molecule has 1 aromatic carbocycles. The summed E-state index contributed by atoms with van der Waals surface area (Å²) in [5, 5.41) is 11.3. The highest BCUT2D eigenvalue weighted by Gasteiger charge is 2.24. The number of aliphatic carboxylic acids is 1. The zero-order chi connectivity index (χ0) is 16.0. The molecule has 0 aromatic heterocycles. The van der Waals surface area contributed by atoms with Gasteiger partial charge >= 0.3 is 12.0 Å². The summed E-state index contributed by atoms with van der Waals surface area (Å²) in [5.41, 5.74) is 0.346. The topological polar surface area (TPSA) is 69.6 Å². The van der Waals surface area contributed by atoms with Gasteiger partial charge in [-0.2, -0.15) is 0 Å². The van der Waals surface area contributed by atoms with E-state index in [1.165, 1.54) is 18.0 Å². The average Bonchev–Trinajstić information content (AvgIpc) is 2.45. The second kappa shape index (κ2) is 7.29. The molecule has 2 atom stereocenters. The van der Waals surface area contributed by atoms with Crippen LogP contribution in [0.4, 0.5) is 9.18 Å². The molecule has 0 radical (unpaired) electrons. The minimum Gasteiger partial charge on any atom is -0.480 e. The van der Waals surface area contributed by atoms with Crippen LogP contribution in [0, 0.1) is 18.2 Å². The van der Waals surface area contributed by atoms with Gasteiger partial charge in [0.05, 0.1) is 6.04 Å². The quantitative estimate of drug-likeness (QED) is 0.816. The average molecular weight is 292 g/mol. The van der Waals surface area contributed by atoms with E-state index in [9.17, 15) is 14.0 Å². The fourth-order valence-corrected chi connectivity index (χ4v) is 1.77. The Morgan fingerprint density at radius 2 is 2.10 bits per heavy atom. The number of terminal acetylenes is 1. The van der Waals surface area contributed by atoms with E-state index in [2.05, 4.69) is 11.2 Å². The molecule has 0 saturated heterocycles. The van der Waals surface area contributed by atoms with Crippen molar-refractivity contribution in [1.29, 1.82) is 0 Å². The van der Waals surface area contributed by atoms with Crippen molar-refractivity contribution < 1.29 is 19.1 Å². The largest absolute Gasteiger partial charge is 0.480 e. The molecule has 0 bridgehead atoms. The maximum atomic E-state index is 13.7. The minimum absolute atomic E-state index is 0.122. The van der Waals surface area contributed by atoms with Crippen LogP contribution in [0.2, 0.25) is 0 Å². The Hall–Kier alpha value is -2.55. The number of halogens is 1. The molecule has 0 spiro atoms. The summed E-state index contributed by atoms with van der Waals surface area (Å²) in [6.07, 6.45) is 4.94. The standard InChI is InChI=1S/C15H17FN2O3/c1-4-7-13(14(19)20)17-15(21)18(3)10(2)11-8-5-6-9-12(11)16/h1,5-6,8-10,13H,7H2,2-3H3,(H,17,21)(H,19,20). The smallest absolute Gasteiger partial charge is 0.327 e. The lowest BCUT2D eigenvalue weighted by molar-refractivity contribution is -0.139. The zero-order valence-corrected chi connectivity index (χ0v) is 11.8. The van der Waals surface area contributed by atoms with Gasteiger partial charge in [0.25, 0.3) is 0 Å². The van der Waals surface area contributed by atoms with Crippen LogP contribution in [-0.4, -0.2) is 35.1 Å². The molecule has 0 heterocycles. The molecule has 0 aliphatic rings. The van der Waals surface area contributed by atoms with Crippen LogP contribution >= 0.6 is 0 Å². The highest BCUT2D eigenvalue weighted by molar-refractivity contribution is 5.82. The van der Waals surface area contributed by atoms with E-state index in [1.807, 2.05) is 0 Å². The first-order valence-corrected chi connectivity index (χ1v) is 6.32. The third-order valence-corrected chi connectivity index (χ3v) is 3.17. The molecule has 112 valence electrons. The Bertz CT molecular complexity index is 568. The van der Waals surface area contributed by atoms with Crippen LogP contribution in [0.1, 0.15) is 24.9 Å². The molecule has 1 aromatic rings.